The second-order valence-electron chi connectivity index (χ2n) is 3.59. The molecule has 0 fully saturated rings. The Balaban J connectivity index is 4.61. The molecule has 0 radical (unpaired) electrons. The molecule has 13 heteroatoms. The van der Waals surface area contributed by atoms with Gasteiger partial charge in [0.2, 0.25) is 0 Å². The highest BCUT2D eigenvalue weighted by molar-refractivity contribution is 8.07. The molecule has 0 bridgehead atoms. The van der Waals surface area contributed by atoms with Crippen molar-refractivity contribution in [3.05, 3.63) is 0 Å². The Hall–Kier alpha value is -0.110. The summed E-state index contributed by atoms with van der Waals surface area (Å²) < 4.78 is 102. The number of ether oxygens (including phenoxy) is 1. The summed E-state index contributed by atoms with van der Waals surface area (Å²) in [6.45, 7) is -0.956. The Bertz CT molecular complexity index is 338. The number of hydrogen-bond donors (Lipinski definition) is 1. The zero-order valence-corrected chi connectivity index (χ0v) is 11.8. The summed E-state index contributed by atoms with van der Waals surface area (Å²) >= 11 is -1.31. The van der Waals surface area contributed by atoms with E-state index in [0.717, 1.165) is 0 Å². The van der Waals surface area contributed by atoms with E-state index in [4.69, 9.17) is 0 Å². The second kappa shape index (κ2) is 7.24. The fraction of sp³-hybridized carbons (Fsp3) is 1.00. The van der Waals surface area contributed by atoms with Crippen LogP contribution < -0.4 is 4.13 Å². The Labute approximate surface area is 116 Å². The lowest BCUT2D eigenvalue weighted by Gasteiger charge is -2.25. The summed E-state index contributed by atoms with van der Waals surface area (Å²) in [5.41, 5.74) is -5.05. The number of nitrogens with one attached hydrogen (secondary N) is 1. The minimum atomic E-state index is -5.32. The zero-order chi connectivity index (χ0) is 16.2. The van der Waals surface area contributed by atoms with E-state index < -0.39 is 46.4 Å². The van der Waals surface area contributed by atoms with Crippen LogP contribution in [0.15, 0.2) is 0 Å². The Kier molecular flexibility index (Phi) is 7.20. The Morgan fingerprint density at radius 2 is 1.65 bits per heavy atom. The van der Waals surface area contributed by atoms with Crippen molar-refractivity contribution in [2.45, 2.75) is 16.9 Å². The minimum Gasteiger partial charge on any atom is -0.313 e. The lowest BCUT2D eigenvalue weighted by atomic mass is 10.6. The van der Waals surface area contributed by atoms with Gasteiger partial charge in [-0.25, -0.2) is 4.21 Å². The zero-order valence-electron chi connectivity index (χ0n) is 10.1. The molecule has 1 atom stereocenters. The van der Waals surface area contributed by atoms with Crippen LogP contribution in [0, 0.1) is 0 Å². The van der Waals surface area contributed by atoms with E-state index in [1.165, 1.54) is 19.0 Å². The van der Waals surface area contributed by atoms with Gasteiger partial charge in [-0.2, -0.15) is 34.9 Å². The van der Waals surface area contributed by atoms with Gasteiger partial charge in [0.15, 0.2) is 11.0 Å². The molecular weight excluding hydrogens is 341 g/mol. The molecule has 0 rings (SSSR count). The highest BCUT2D eigenvalue weighted by Gasteiger charge is 2.63. The molecule has 1 N–H and O–H groups in total. The quantitative estimate of drug-likeness (QED) is 0.537. The first kappa shape index (κ1) is 19.9. The van der Waals surface area contributed by atoms with Crippen molar-refractivity contribution >= 4 is 22.9 Å². The average molecular weight is 352 g/mol. The number of rotatable bonds is 8. The van der Waals surface area contributed by atoms with Gasteiger partial charge in [-0.3, -0.25) is 0 Å². The predicted octanol–water partition coefficient (Wildman–Crippen LogP) is 2.17. The molecule has 0 heterocycles. The molecule has 1 unspecified atom stereocenters. The largest absolute Gasteiger partial charge is 0.457 e. The lowest BCUT2D eigenvalue weighted by Crippen LogP contribution is -2.49. The van der Waals surface area contributed by atoms with Crippen LogP contribution >= 0.6 is 11.9 Å². The fourth-order valence-electron chi connectivity index (χ4n) is 0.686. The lowest BCUT2D eigenvalue weighted by molar-refractivity contribution is -0.315. The predicted molar refractivity (Wildman–Crippen MR) is 59.3 cm³/mol. The summed E-state index contributed by atoms with van der Waals surface area (Å²) in [6, 6.07) is 0. The van der Waals surface area contributed by atoms with Gasteiger partial charge >= 0.3 is 16.9 Å². The summed E-state index contributed by atoms with van der Waals surface area (Å²) in [6.07, 6.45) is -5.17. The van der Waals surface area contributed by atoms with Gasteiger partial charge in [0.1, 0.15) is 0 Å². The molecule has 0 saturated heterocycles. The third-order valence-corrected chi connectivity index (χ3v) is 3.50. The summed E-state index contributed by atoms with van der Waals surface area (Å²) in [7, 11) is -1.07. The molecule has 0 aromatic rings. The van der Waals surface area contributed by atoms with Crippen LogP contribution in [0.25, 0.3) is 0 Å². The van der Waals surface area contributed by atoms with E-state index >= 15 is 0 Å². The monoisotopic (exact) mass is 352 g/mol. The molecule has 0 saturated carbocycles. The number of halogens is 7. The topological polar surface area (TPSA) is 41.6 Å². The molecule has 0 aromatic carbocycles. The standard InChI is InChI=1S/C7H11F7N2O2S2/c1-16(2)3-4-18-5(8,9)6(10,11)20(17)15-19-7(12,13)14/h15H,3-4H2,1-2H3. The van der Waals surface area contributed by atoms with Gasteiger partial charge in [0.25, 0.3) is 0 Å². The molecule has 20 heavy (non-hydrogen) atoms. The highest BCUT2D eigenvalue weighted by atomic mass is 32.2. The van der Waals surface area contributed by atoms with Crippen LogP contribution in [0.3, 0.4) is 0 Å². The van der Waals surface area contributed by atoms with Crippen molar-refractivity contribution < 1.29 is 39.7 Å². The fourth-order valence-corrected chi connectivity index (χ4v) is 2.06. The third-order valence-electron chi connectivity index (χ3n) is 1.63. The molecule has 4 nitrogen and oxygen atoms in total. The summed E-state index contributed by atoms with van der Waals surface area (Å²) in [4.78, 5) is 1.35. The maximum atomic E-state index is 13.1. The molecular formula is C7H11F7N2O2S2. The van der Waals surface area contributed by atoms with E-state index in [0.29, 0.717) is 4.13 Å². The first-order valence-electron chi connectivity index (χ1n) is 4.76. The van der Waals surface area contributed by atoms with Crippen LogP contribution in [0.4, 0.5) is 30.7 Å². The van der Waals surface area contributed by atoms with E-state index in [2.05, 4.69) is 4.74 Å². The van der Waals surface area contributed by atoms with E-state index in [-0.39, 0.29) is 6.54 Å². The first-order valence-corrected chi connectivity index (χ1v) is 6.73. The van der Waals surface area contributed by atoms with Crippen molar-refractivity contribution in [3.63, 3.8) is 0 Å². The maximum absolute atomic E-state index is 13.1. The SMILES string of the molecule is CN(C)CCOC(F)(F)C(F)(F)S(=O)NSC(F)(F)F. The van der Waals surface area contributed by atoms with Crippen molar-refractivity contribution in [3.8, 4) is 0 Å². The maximum Gasteiger partial charge on any atom is 0.457 e. The molecule has 0 spiro atoms. The normalized spacial score (nSPS) is 15.7. The van der Waals surface area contributed by atoms with Crippen LogP contribution in [0.2, 0.25) is 0 Å². The Morgan fingerprint density at radius 1 is 1.15 bits per heavy atom. The van der Waals surface area contributed by atoms with E-state index in [1.807, 2.05) is 0 Å². The van der Waals surface area contributed by atoms with Gasteiger partial charge in [-0.15, -0.1) is 0 Å². The summed E-state index contributed by atoms with van der Waals surface area (Å²) in [5, 5.41) is -5.32. The van der Waals surface area contributed by atoms with Gasteiger partial charge in [0.05, 0.1) is 6.61 Å². The van der Waals surface area contributed by atoms with E-state index in [9.17, 15) is 34.9 Å². The van der Waals surface area contributed by atoms with E-state index in [1.54, 1.807) is 0 Å². The van der Waals surface area contributed by atoms with Crippen molar-refractivity contribution in [2.24, 2.45) is 0 Å². The molecule has 122 valence electrons. The number of hydrogen-bond acceptors (Lipinski definition) is 4. The molecule has 0 aliphatic rings. The van der Waals surface area contributed by atoms with Crippen molar-refractivity contribution in [2.75, 3.05) is 27.2 Å². The first-order chi connectivity index (χ1) is 8.79. The second-order valence-corrected chi connectivity index (χ2v) is 5.97. The highest BCUT2D eigenvalue weighted by Crippen LogP contribution is 2.39. The van der Waals surface area contributed by atoms with Crippen LogP contribution in [0.5, 0.6) is 0 Å². The number of alkyl halides is 7. The van der Waals surface area contributed by atoms with Gasteiger partial charge in [0, 0.05) is 18.5 Å². The third kappa shape index (κ3) is 6.56. The average Bonchev–Trinajstić information content (AvgIpc) is 2.23. The van der Waals surface area contributed by atoms with Crippen LogP contribution in [0.1, 0.15) is 0 Å². The van der Waals surface area contributed by atoms with Gasteiger partial charge < -0.3 is 9.64 Å². The Morgan fingerprint density at radius 3 is 2.05 bits per heavy atom. The van der Waals surface area contributed by atoms with Gasteiger partial charge in [-0.1, -0.05) is 0 Å². The summed E-state index contributed by atoms with van der Waals surface area (Å²) in [5.74, 6) is 0. The van der Waals surface area contributed by atoms with Gasteiger partial charge in [-0.05, 0) is 14.1 Å². The van der Waals surface area contributed by atoms with Crippen LogP contribution in [-0.2, 0) is 15.7 Å². The van der Waals surface area contributed by atoms with Crippen molar-refractivity contribution in [1.82, 2.24) is 9.03 Å². The minimum absolute atomic E-state index is 0.136. The number of nitrogens with zero attached hydrogens (tertiary/aromatic N) is 1. The molecule has 0 aromatic heterocycles. The number of likely N-dealkylation sites (N-methyl/N-ethyl adjacent to an activating group) is 1. The molecule has 0 amide bonds. The molecule has 0 aliphatic heterocycles. The smallest absolute Gasteiger partial charge is 0.313 e. The van der Waals surface area contributed by atoms with Crippen LogP contribution in [-0.4, -0.2) is 53.2 Å². The van der Waals surface area contributed by atoms with Crippen molar-refractivity contribution in [1.29, 1.82) is 0 Å². The molecule has 0 aliphatic carbocycles.